The molecule has 1 aromatic carbocycles. The van der Waals surface area contributed by atoms with Crippen molar-refractivity contribution >= 4 is 0 Å². The number of rotatable bonds is 3. The molecule has 0 amide bonds. The molecule has 2 rings (SSSR count). The Balaban J connectivity index is 2.20. The molecule has 94 valence electrons. The standard InChI is InChI=1S/C13H18O4/c1-12(2,14)13(3,15)7-9-4-5-10-11(6-9)17-8-16-10/h4-6,14-15H,7-8H2,1-3H3. The summed E-state index contributed by atoms with van der Waals surface area (Å²) in [6.45, 7) is 5.05. The lowest BCUT2D eigenvalue weighted by molar-refractivity contribution is -0.118. The Morgan fingerprint density at radius 2 is 1.76 bits per heavy atom. The summed E-state index contributed by atoms with van der Waals surface area (Å²) < 4.78 is 10.5. The van der Waals surface area contributed by atoms with Gasteiger partial charge in [0.1, 0.15) is 0 Å². The highest BCUT2D eigenvalue weighted by Crippen LogP contribution is 2.34. The van der Waals surface area contributed by atoms with Gasteiger partial charge in [-0.05, 0) is 38.5 Å². The molecule has 0 bridgehead atoms. The highest BCUT2D eigenvalue weighted by Gasteiger charge is 2.37. The van der Waals surface area contributed by atoms with Crippen LogP contribution in [-0.2, 0) is 6.42 Å². The molecular formula is C13H18O4. The zero-order valence-electron chi connectivity index (χ0n) is 10.4. The molecule has 1 aliphatic rings. The molecule has 0 saturated heterocycles. The summed E-state index contributed by atoms with van der Waals surface area (Å²) in [4.78, 5) is 0. The van der Waals surface area contributed by atoms with Crippen molar-refractivity contribution < 1.29 is 19.7 Å². The molecule has 1 heterocycles. The van der Waals surface area contributed by atoms with Gasteiger partial charge in [-0.1, -0.05) is 6.07 Å². The van der Waals surface area contributed by atoms with Crippen LogP contribution in [0.3, 0.4) is 0 Å². The topological polar surface area (TPSA) is 58.9 Å². The van der Waals surface area contributed by atoms with Gasteiger partial charge in [-0.3, -0.25) is 0 Å². The van der Waals surface area contributed by atoms with Crippen molar-refractivity contribution in [3.63, 3.8) is 0 Å². The Morgan fingerprint density at radius 3 is 2.41 bits per heavy atom. The average Bonchev–Trinajstić information content (AvgIpc) is 2.62. The van der Waals surface area contributed by atoms with E-state index in [0.717, 1.165) is 11.3 Å². The van der Waals surface area contributed by atoms with Gasteiger partial charge in [0.05, 0.1) is 11.2 Å². The molecule has 4 heteroatoms. The van der Waals surface area contributed by atoms with E-state index in [9.17, 15) is 10.2 Å². The molecular weight excluding hydrogens is 220 g/mol. The second kappa shape index (κ2) is 3.89. The molecule has 4 nitrogen and oxygen atoms in total. The minimum absolute atomic E-state index is 0.237. The van der Waals surface area contributed by atoms with Crippen molar-refractivity contribution in [1.29, 1.82) is 0 Å². The number of fused-ring (bicyclic) bond motifs is 1. The average molecular weight is 238 g/mol. The second-order valence-corrected chi connectivity index (χ2v) is 5.20. The number of ether oxygens (including phenoxy) is 2. The summed E-state index contributed by atoms with van der Waals surface area (Å²) in [7, 11) is 0. The first-order chi connectivity index (χ1) is 7.79. The third-order valence-electron chi connectivity index (χ3n) is 3.30. The van der Waals surface area contributed by atoms with Crippen LogP contribution >= 0.6 is 0 Å². The molecule has 1 atom stereocenters. The molecule has 0 saturated carbocycles. The zero-order valence-corrected chi connectivity index (χ0v) is 10.4. The number of hydrogen-bond donors (Lipinski definition) is 2. The molecule has 0 radical (unpaired) electrons. The van der Waals surface area contributed by atoms with Crippen LogP contribution in [-0.4, -0.2) is 28.2 Å². The van der Waals surface area contributed by atoms with Crippen LogP contribution in [0.2, 0.25) is 0 Å². The van der Waals surface area contributed by atoms with Gasteiger partial charge >= 0.3 is 0 Å². The Labute approximate surface area is 101 Å². The quantitative estimate of drug-likeness (QED) is 0.837. The van der Waals surface area contributed by atoms with E-state index in [1.165, 1.54) is 0 Å². The summed E-state index contributed by atoms with van der Waals surface area (Å²) in [5.41, 5.74) is -1.45. The van der Waals surface area contributed by atoms with Crippen molar-refractivity contribution in [2.75, 3.05) is 6.79 Å². The fraction of sp³-hybridized carbons (Fsp3) is 0.538. The summed E-state index contributed by atoms with van der Waals surface area (Å²) in [6, 6.07) is 5.52. The van der Waals surface area contributed by atoms with Crippen molar-refractivity contribution in [1.82, 2.24) is 0 Å². The van der Waals surface area contributed by atoms with Crippen LogP contribution in [0, 0.1) is 0 Å². The van der Waals surface area contributed by atoms with Crippen molar-refractivity contribution in [3.8, 4) is 11.5 Å². The van der Waals surface area contributed by atoms with E-state index < -0.39 is 11.2 Å². The van der Waals surface area contributed by atoms with Crippen LogP contribution < -0.4 is 9.47 Å². The van der Waals surface area contributed by atoms with Gasteiger partial charge in [-0.2, -0.15) is 0 Å². The minimum Gasteiger partial charge on any atom is -0.454 e. The summed E-state index contributed by atoms with van der Waals surface area (Å²) >= 11 is 0. The molecule has 1 aromatic rings. The smallest absolute Gasteiger partial charge is 0.231 e. The summed E-state index contributed by atoms with van der Waals surface area (Å²) in [5.74, 6) is 1.41. The van der Waals surface area contributed by atoms with Gasteiger partial charge in [-0.25, -0.2) is 0 Å². The van der Waals surface area contributed by atoms with Crippen molar-refractivity contribution in [2.45, 2.75) is 38.4 Å². The molecule has 0 fully saturated rings. The van der Waals surface area contributed by atoms with Gasteiger partial charge in [0.15, 0.2) is 11.5 Å². The fourth-order valence-electron chi connectivity index (χ4n) is 1.66. The molecule has 2 N–H and O–H groups in total. The van der Waals surface area contributed by atoms with E-state index in [1.54, 1.807) is 20.8 Å². The van der Waals surface area contributed by atoms with Crippen molar-refractivity contribution in [2.24, 2.45) is 0 Å². The van der Waals surface area contributed by atoms with E-state index in [-0.39, 0.29) is 6.79 Å². The third kappa shape index (κ3) is 2.37. The SMILES string of the molecule is CC(C)(O)C(C)(O)Cc1ccc2c(c1)OCO2. The van der Waals surface area contributed by atoms with Gasteiger partial charge in [0.25, 0.3) is 0 Å². The third-order valence-corrected chi connectivity index (χ3v) is 3.30. The summed E-state index contributed by atoms with van der Waals surface area (Å²) in [6.07, 6.45) is 0.354. The number of benzene rings is 1. The molecule has 0 aromatic heterocycles. The molecule has 17 heavy (non-hydrogen) atoms. The maximum atomic E-state index is 10.2. The highest BCUT2D eigenvalue weighted by atomic mass is 16.7. The first-order valence-electron chi connectivity index (χ1n) is 5.63. The minimum atomic E-state index is -1.19. The van der Waals surface area contributed by atoms with Gasteiger partial charge in [-0.15, -0.1) is 0 Å². The molecule has 1 unspecified atom stereocenters. The van der Waals surface area contributed by atoms with Crippen LogP contribution in [0.4, 0.5) is 0 Å². The molecule has 0 aliphatic carbocycles. The Kier molecular flexibility index (Phi) is 2.79. The maximum Gasteiger partial charge on any atom is 0.231 e. The number of hydrogen-bond acceptors (Lipinski definition) is 4. The van der Waals surface area contributed by atoms with Gasteiger partial charge in [0.2, 0.25) is 6.79 Å². The first kappa shape index (κ1) is 12.2. The lowest BCUT2D eigenvalue weighted by Crippen LogP contribution is -2.49. The van der Waals surface area contributed by atoms with Gasteiger partial charge in [0, 0.05) is 6.42 Å². The molecule has 1 aliphatic heterocycles. The Morgan fingerprint density at radius 1 is 1.12 bits per heavy atom. The lowest BCUT2D eigenvalue weighted by atomic mass is 9.82. The second-order valence-electron chi connectivity index (χ2n) is 5.20. The summed E-state index contributed by atoms with van der Waals surface area (Å²) in [5, 5.41) is 20.1. The molecule has 0 spiro atoms. The predicted octanol–water partition coefficient (Wildman–Crippen LogP) is 1.48. The van der Waals surface area contributed by atoms with Gasteiger partial charge < -0.3 is 19.7 Å². The lowest BCUT2D eigenvalue weighted by Gasteiger charge is -2.35. The Bertz CT molecular complexity index is 418. The normalized spacial score (nSPS) is 17.9. The maximum absolute atomic E-state index is 10.2. The first-order valence-corrected chi connectivity index (χ1v) is 5.63. The fourth-order valence-corrected chi connectivity index (χ4v) is 1.66. The van der Waals surface area contributed by atoms with Crippen molar-refractivity contribution in [3.05, 3.63) is 23.8 Å². The van der Waals surface area contributed by atoms with E-state index in [1.807, 2.05) is 18.2 Å². The predicted molar refractivity (Wildman–Crippen MR) is 63.2 cm³/mol. The largest absolute Gasteiger partial charge is 0.454 e. The monoisotopic (exact) mass is 238 g/mol. The van der Waals surface area contributed by atoms with Crippen LogP contribution in [0.15, 0.2) is 18.2 Å². The van der Waals surface area contributed by atoms with E-state index in [0.29, 0.717) is 12.2 Å². The van der Waals surface area contributed by atoms with E-state index in [2.05, 4.69) is 0 Å². The zero-order chi connectivity index (χ0) is 12.7. The number of aliphatic hydroxyl groups is 2. The van der Waals surface area contributed by atoms with Crippen LogP contribution in [0.25, 0.3) is 0 Å². The highest BCUT2D eigenvalue weighted by molar-refractivity contribution is 5.44. The van der Waals surface area contributed by atoms with Crippen LogP contribution in [0.5, 0.6) is 11.5 Å². The van der Waals surface area contributed by atoms with E-state index in [4.69, 9.17) is 9.47 Å². The van der Waals surface area contributed by atoms with Crippen LogP contribution in [0.1, 0.15) is 26.3 Å². The van der Waals surface area contributed by atoms with E-state index >= 15 is 0 Å². The Hall–Kier alpha value is -1.26.